The molecule has 1 aromatic heterocycles. The van der Waals surface area contributed by atoms with Crippen LogP contribution in [0.1, 0.15) is 13.3 Å². The third-order valence-corrected chi connectivity index (χ3v) is 5.53. The molecule has 2 heterocycles. The SMILES string of the molecule is CC1CN(C)CCCN1S(=O)(=O)c1cccnc1NN. The Balaban J connectivity index is 2.38. The van der Waals surface area contributed by atoms with Crippen LogP contribution in [-0.4, -0.2) is 55.3 Å². The van der Waals surface area contributed by atoms with Crippen LogP contribution in [0.15, 0.2) is 23.2 Å². The molecule has 3 N–H and O–H groups in total. The van der Waals surface area contributed by atoms with E-state index >= 15 is 0 Å². The summed E-state index contributed by atoms with van der Waals surface area (Å²) in [4.78, 5) is 6.24. The molecule has 0 radical (unpaired) electrons. The highest BCUT2D eigenvalue weighted by molar-refractivity contribution is 7.89. The van der Waals surface area contributed by atoms with E-state index in [1.165, 1.54) is 16.6 Å². The summed E-state index contributed by atoms with van der Waals surface area (Å²) < 4.78 is 27.2. The molecule has 112 valence electrons. The maximum Gasteiger partial charge on any atom is 0.247 e. The molecule has 0 spiro atoms. The second-order valence-corrected chi connectivity index (χ2v) is 6.93. The predicted octanol–water partition coefficient (Wildman–Crippen LogP) is 0.0819. The van der Waals surface area contributed by atoms with Gasteiger partial charge in [0.15, 0.2) is 5.82 Å². The Morgan fingerprint density at radius 2 is 2.20 bits per heavy atom. The summed E-state index contributed by atoms with van der Waals surface area (Å²) in [5.41, 5.74) is 2.35. The lowest BCUT2D eigenvalue weighted by Crippen LogP contribution is -2.42. The molecule has 8 heteroatoms. The number of hydrazine groups is 1. The van der Waals surface area contributed by atoms with Crippen LogP contribution in [-0.2, 0) is 10.0 Å². The summed E-state index contributed by atoms with van der Waals surface area (Å²) in [5, 5.41) is 0. The van der Waals surface area contributed by atoms with E-state index in [1.54, 1.807) is 6.07 Å². The van der Waals surface area contributed by atoms with Crippen molar-refractivity contribution in [3.05, 3.63) is 18.3 Å². The average Bonchev–Trinajstić information content (AvgIpc) is 2.59. The molecular weight excluding hydrogens is 278 g/mol. The first-order valence-corrected chi connectivity index (χ1v) is 8.03. The maximum atomic E-state index is 12.8. The number of pyridine rings is 1. The lowest BCUT2D eigenvalue weighted by Gasteiger charge is -2.27. The summed E-state index contributed by atoms with van der Waals surface area (Å²) in [6, 6.07) is 3.04. The highest BCUT2D eigenvalue weighted by Crippen LogP contribution is 2.25. The molecule has 20 heavy (non-hydrogen) atoms. The topological polar surface area (TPSA) is 91.6 Å². The number of sulfonamides is 1. The molecule has 0 amide bonds. The zero-order chi connectivity index (χ0) is 14.8. The van der Waals surface area contributed by atoms with Crippen LogP contribution in [0.4, 0.5) is 5.82 Å². The zero-order valence-corrected chi connectivity index (χ0v) is 12.6. The summed E-state index contributed by atoms with van der Waals surface area (Å²) in [6.07, 6.45) is 2.32. The predicted molar refractivity (Wildman–Crippen MR) is 77.5 cm³/mol. The van der Waals surface area contributed by atoms with Crippen molar-refractivity contribution in [2.75, 3.05) is 32.1 Å². The van der Waals surface area contributed by atoms with E-state index < -0.39 is 10.0 Å². The van der Waals surface area contributed by atoms with Crippen LogP contribution >= 0.6 is 0 Å². The van der Waals surface area contributed by atoms with Crippen molar-refractivity contribution in [3.8, 4) is 0 Å². The van der Waals surface area contributed by atoms with Gasteiger partial charge in [0.2, 0.25) is 10.0 Å². The van der Waals surface area contributed by atoms with E-state index in [-0.39, 0.29) is 16.8 Å². The molecule has 1 saturated heterocycles. The summed E-state index contributed by atoms with van der Waals surface area (Å²) in [6.45, 7) is 4.04. The number of nitrogens with two attached hydrogens (primary N) is 1. The number of nitrogens with one attached hydrogen (secondary N) is 1. The van der Waals surface area contributed by atoms with Gasteiger partial charge in [-0.3, -0.25) is 0 Å². The number of anilines is 1. The Kier molecular flexibility index (Phi) is 4.59. The lowest BCUT2D eigenvalue weighted by molar-refractivity contribution is 0.290. The van der Waals surface area contributed by atoms with E-state index in [4.69, 9.17) is 5.84 Å². The van der Waals surface area contributed by atoms with Crippen molar-refractivity contribution in [1.29, 1.82) is 0 Å². The molecule has 1 unspecified atom stereocenters. The van der Waals surface area contributed by atoms with Gasteiger partial charge < -0.3 is 10.3 Å². The quantitative estimate of drug-likeness (QED) is 0.607. The van der Waals surface area contributed by atoms with Crippen LogP contribution in [0.25, 0.3) is 0 Å². The molecule has 1 aromatic rings. The number of hydrogen-bond donors (Lipinski definition) is 2. The van der Waals surface area contributed by atoms with Crippen molar-refractivity contribution in [2.45, 2.75) is 24.3 Å². The first-order valence-electron chi connectivity index (χ1n) is 6.59. The zero-order valence-electron chi connectivity index (χ0n) is 11.8. The molecule has 1 atom stereocenters. The van der Waals surface area contributed by atoms with Crippen molar-refractivity contribution in [2.24, 2.45) is 5.84 Å². The molecular formula is C12H21N5O2S. The van der Waals surface area contributed by atoms with Gasteiger partial charge in [0.1, 0.15) is 4.90 Å². The second-order valence-electron chi connectivity index (χ2n) is 5.08. The fraction of sp³-hybridized carbons (Fsp3) is 0.583. The Morgan fingerprint density at radius 3 is 2.90 bits per heavy atom. The van der Waals surface area contributed by atoms with E-state index in [2.05, 4.69) is 15.3 Å². The van der Waals surface area contributed by atoms with Crippen molar-refractivity contribution in [3.63, 3.8) is 0 Å². The molecule has 0 aromatic carbocycles. The number of hydrogen-bond acceptors (Lipinski definition) is 6. The Bertz CT molecular complexity index is 563. The van der Waals surface area contributed by atoms with Crippen molar-refractivity contribution >= 4 is 15.8 Å². The Hall–Kier alpha value is -1.22. The van der Waals surface area contributed by atoms with Crippen molar-refractivity contribution in [1.82, 2.24) is 14.2 Å². The number of rotatable bonds is 3. The smallest absolute Gasteiger partial charge is 0.247 e. The maximum absolute atomic E-state index is 12.8. The van der Waals surface area contributed by atoms with Gasteiger partial charge >= 0.3 is 0 Å². The van der Waals surface area contributed by atoms with E-state index in [1.807, 2.05) is 14.0 Å². The van der Waals surface area contributed by atoms with Crippen LogP contribution in [0, 0.1) is 0 Å². The van der Waals surface area contributed by atoms with Gasteiger partial charge in [0.25, 0.3) is 0 Å². The highest BCUT2D eigenvalue weighted by atomic mass is 32.2. The molecule has 1 aliphatic heterocycles. The minimum absolute atomic E-state index is 0.0849. The average molecular weight is 299 g/mol. The molecule has 7 nitrogen and oxygen atoms in total. The fourth-order valence-corrected chi connectivity index (χ4v) is 4.31. The van der Waals surface area contributed by atoms with E-state index in [0.29, 0.717) is 13.1 Å². The third-order valence-electron chi connectivity index (χ3n) is 3.48. The van der Waals surface area contributed by atoms with Gasteiger partial charge in [-0.1, -0.05) is 0 Å². The molecule has 2 rings (SSSR count). The summed E-state index contributed by atoms with van der Waals surface area (Å²) in [7, 11) is -1.60. The molecule has 0 bridgehead atoms. The number of aromatic nitrogens is 1. The molecule has 0 aliphatic carbocycles. The Morgan fingerprint density at radius 1 is 1.45 bits per heavy atom. The van der Waals surface area contributed by atoms with Crippen LogP contribution < -0.4 is 11.3 Å². The summed E-state index contributed by atoms with van der Waals surface area (Å²) in [5.74, 6) is 5.54. The first kappa shape index (κ1) is 15.2. The molecule has 1 aliphatic rings. The normalized spacial score (nSPS) is 22.4. The number of nitrogens with zero attached hydrogens (tertiary/aromatic N) is 3. The van der Waals surface area contributed by atoms with E-state index in [0.717, 1.165) is 13.0 Å². The van der Waals surface area contributed by atoms with Gasteiger partial charge in [-0.15, -0.1) is 0 Å². The van der Waals surface area contributed by atoms with Gasteiger partial charge in [0, 0.05) is 25.3 Å². The second kappa shape index (κ2) is 6.04. The first-order chi connectivity index (χ1) is 9.46. The van der Waals surface area contributed by atoms with Crippen molar-refractivity contribution < 1.29 is 8.42 Å². The fourth-order valence-electron chi connectivity index (χ4n) is 2.54. The molecule has 1 fully saturated rings. The standard InChI is InChI=1S/C12H21N5O2S/c1-10-9-16(2)7-4-8-17(10)20(18,19)11-5-3-6-14-12(11)15-13/h3,5-6,10H,4,7-9,13H2,1-2H3,(H,14,15). The third kappa shape index (κ3) is 2.93. The van der Waals surface area contributed by atoms with E-state index in [9.17, 15) is 8.42 Å². The minimum Gasteiger partial charge on any atom is -0.307 e. The number of likely N-dealkylation sites (N-methyl/N-ethyl adjacent to an activating group) is 1. The highest BCUT2D eigenvalue weighted by Gasteiger charge is 2.33. The van der Waals surface area contributed by atoms with Gasteiger partial charge in [0.05, 0.1) is 0 Å². The number of nitrogen functional groups attached to an aromatic ring is 1. The largest absolute Gasteiger partial charge is 0.307 e. The minimum atomic E-state index is -3.60. The van der Waals surface area contributed by atoms with Gasteiger partial charge in [-0.2, -0.15) is 4.31 Å². The Labute approximate surface area is 119 Å². The summed E-state index contributed by atoms with van der Waals surface area (Å²) >= 11 is 0. The van der Waals surface area contributed by atoms with Gasteiger partial charge in [-0.05, 0) is 39.1 Å². The van der Waals surface area contributed by atoms with Crippen LogP contribution in [0.3, 0.4) is 0 Å². The van der Waals surface area contributed by atoms with Crippen LogP contribution in [0.5, 0.6) is 0 Å². The monoisotopic (exact) mass is 299 g/mol. The van der Waals surface area contributed by atoms with Gasteiger partial charge in [-0.25, -0.2) is 19.2 Å². The lowest BCUT2D eigenvalue weighted by atomic mass is 10.3. The van der Waals surface area contributed by atoms with Crippen LogP contribution in [0.2, 0.25) is 0 Å². The molecule has 0 saturated carbocycles.